The number of fused-ring (bicyclic) bond motifs is 1. The number of hydrogen-bond acceptors (Lipinski definition) is 1. The van der Waals surface area contributed by atoms with E-state index < -0.39 is 8.32 Å². The van der Waals surface area contributed by atoms with E-state index in [4.69, 9.17) is 4.43 Å². The van der Waals surface area contributed by atoms with Crippen LogP contribution in [0.1, 0.15) is 31.4 Å². The maximum absolute atomic E-state index is 6.35. The fraction of sp³-hybridized carbons (Fsp3) is 0.600. The highest BCUT2D eigenvalue weighted by molar-refractivity contribution is 6.77. The standard InChI is InChI=1S/C15H22OSi/c1-4-17(5-2)14-10-15(14,11-16-17)13-9-7-6-8-12(13)3/h6-9,14H,4-5,10-11H2,1-3H3/t14?,15-/m0/s1. The number of rotatable bonds is 3. The fourth-order valence-electron chi connectivity index (χ4n) is 3.98. The third-order valence-corrected chi connectivity index (χ3v) is 10.3. The Labute approximate surface area is 105 Å². The second kappa shape index (κ2) is 3.69. The minimum absolute atomic E-state index is 0.420. The molecule has 92 valence electrons. The van der Waals surface area contributed by atoms with Gasteiger partial charge in [0.1, 0.15) is 0 Å². The molecule has 0 aromatic heterocycles. The van der Waals surface area contributed by atoms with Crippen molar-refractivity contribution in [2.45, 2.75) is 50.2 Å². The highest BCUT2D eigenvalue weighted by atomic mass is 28.4. The summed E-state index contributed by atoms with van der Waals surface area (Å²) in [6.07, 6.45) is 1.39. The summed E-state index contributed by atoms with van der Waals surface area (Å²) in [4.78, 5) is 0. The normalized spacial score (nSPS) is 33.5. The summed E-state index contributed by atoms with van der Waals surface area (Å²) < 4.78 is 6.35. The van der Waals surface area contributed by atoms with E-state index in [1.165, 1.54) is 24.1 Å². The number of benzene rings is 1. The Morgan fingerprint density at radius 3 is 2.53 bits per heavy atom. The molecule has 2 aliphatic rings. The molecule has 1 nitrogen and oxygen atoms in total. The second-order valence-corrected chi connectivity index (χ2v) is 10.3. The Balaban J connectivity index is 1.97. The molecule has 1 aromatic rings. The van der Waals surface area contributed by atoms with Gasteiger partial charge < -0.3 is 4.43 Å². The van der Waals surface area contributed by atoms with Gasteiger partial charge in [-0.25, -0.2) is 0 Å². The summed E-state index contributed by atoms with van der Waals surface area (Å²) in [7, 11) is -1.39. The van der Waals surface area contributed by atoms with Gasteiger partial charge in [-0.05, 0) is 42.1 Å². The Bertz CT molecular complexity index is 438. The van der Waals surface area contributed by atoms with Crippen LogP contribution in [0.2, 0.25) is 17.6 Å². The lowest BCUT2D eigenvalue weighted by atomic mass is 9.93. The van der Waals surface area contributed by atoms with E-state index in [2.05, 4.69) is 45.0 Å². The maximum Gasteiger partial charge on any atom is 0.196 e. The molecule has 1 saturated heterocycles. The Kier molecular flexibility index (Phi) is 2.49. The van der Waals surface area contributed by atoms with Crippen LogP contribution >= 0.6 is 0 Å². The third kappa shape index (κ3) is 1.40. The average Bonchev–Trinajstić information content (AvgIpc) is 3.02. The Morgan fingerprint density at radius 2 is 2.00 bits per heavy atom. The molecule has 3 rings (SSSR count). The van der Waals surface area contributed by atoms with E-state index in [-0.39, 0.29) is 0 Å². The lowest BCUT2D eigenvalue weighted by Crippen LogP contribution is -2.33. The van der Waals surface area contributed by atoms with Crippen LogP contribution in [0.4, 0.5) is 0 Å². The number of hydrogen-bond donors (Lipinski definition) is 0. The summed E-state index contributed by atoms with van der Waals surface area (Å²) in [6, 6.07) is 11.5. The topological polar surface area (TPSA) is 9.23 Å². The zero-order chi connectivity index (χ0) is 12.1. The highest BCUT2D eigenvalue weighted by Gasteiger charge is 2.70. The smallest absolute Gasteiger partial charge is 0.196 e. The van der Waals surface area contributed by atoms with Crippen LogP contribution < -0.4 is 0 Å². The Morgan fingerprint density at radius 1 is 1.29 bits per heavy atom. The van der Waals surface area contributed by atoms with Crippen molar-refractivity contribution in [2.24, 2.45) is 0 Å². The van der Waals surface area contributed by atoms with E-state index in [1.54, 1.807) is 5.56 Å². The van der Waals surface area contributed by atoms with Crippen LogP contribution in [-0.2, 0) is 9.84 Å². The lowest BCUT2D eigenvalue weighted by Gasteiger charge is -2.24. The van der Waals surface area contributed by atoms with Gasteiger partial charge in [0.2, 0.25) is 0 Å². The monoisotopic (exact) mass is 246 g/mol. The van der Waals surface area contributed by atoms with E-state index >= 15 is 0 Å². The molecule has 2 heteroatoms. The second-order valence-electron chi connectivity index (χ2n) is 5.79. The van der Waals surface area contributed by atoms with Crippen molar-refractivity contribution in [1.82, 2.24) is 0 Å². The van der Waals surface area contributed by atoms with E-state index in [0.717, 1.165) is 12.1 Å². The van der Waals surface area contributed by atoms with Crippen LogP contribution in [0.3, 0.4) is 0 Å². The van der Waals surface area contributed by atoms with Crippen molar-refractivity contribution >= 4 is 8.32 Å². The largest absolute Gasteiger partial charge is 0.416 e. The molecule has 0 spiro atoms. The van der Waals surface area contributed by atoms with Crippen LogP contribution in [0.15, 0.2) is 24.3 Å². The molecular formula is C15H22OSi. The van der Waals surface area contributed by atoms with E-state index in [0.29, 0.717) is 5.41 Å². The van der Waals surface area contributed by atoms with Crippen molar-refractivity contribution in [3.05, 3.63) is 35.4 Å². The molecule has 1 saturated carbocycles. The van der Waals surface area contributed by atoms with Gasteiger partial charge in [-0.2, -0.15) is 0 Å². The molecular weight excluding hydrogens is 224 g/mol. The van der Waals surface area contributed by atoms with Crippen LogP contribution in [-0.4, -0.2) is 14.9 Å². The molecule has 0 bridgehead atoms. The zero-order valence-electron chi connectivity index (χ0n) is 11.1. The van der Waals surface area contributed by atoms with Crippen molar-refractivity contribution in [3.8, 4) is 0 Å². The van der Waals surface area contributed by atoms with Crippen LogP contribution in [0.25, 0.3) is 0 Å². The van der Waals surface area contributed by atoms with Crippen molar-refractivity contribution < 1.29 is 4.43 Å². The van der Waals surface area contributed by atoms with Gasteiger partial charge in [-0.3, -0.25) is 0 Å². The quantitative estimate of drug-likeness (QED) is 0.732. The predicted octanol–water partition coefficient (Wildman–Crippen LogP) is 4.02. The van der Waals surface area contributed by atoms with Gasteiger partial charge in [0.25, 0.3) is 0 Å². The Hall–Kier alpha value is -0.603. The first kappa shape index (κ1) is 11.5. The molecule has 0 amide bonds. The first-order valence-electron chi connectivity index (χ1n) is 6.88. The predicted molar refractivity (Wildman–Crippen MR) is 73.9 cm³/mol. The molecule has 1 heterocycles. The fourth-order valence-corrected chi connectivity index (χ4v) is 8.60. The summed E-state index contributed by atoms with van der Waals surface area (Å²) in [5, 5.41) is 0. The molecule has 2 atom stereocenters. The molecule has 1 aliphatic heterocycles. The SMILES string of the molecule is CC[Si]1(CC)OC[C@]2(c3ccccc3C)CC21. The summed E-state index contributed by atoms with van der Waals surface area (Å²) in [5.41, 5.74) is 4.34. The van der Waals surface area contributed by atoms with Crippen molar-refractivity contribution in [1.29, 1.82) is 0 Å². The molecule has 1 aromatic carbocycles. The number of aryl methyl sites for hydroxylation is 1. The highest BCUT2D eigenvalue weighted by Crippen LogP contribution is 2.70. The first-order valence-corrected chi connectivity index (χ1v) is 9.28. The molecule has 0 N–H and O–H groups in total. The van der Waals surface area contributed by atoms with Crippen LogP contribution in [0.5, 0.6) is 0 Å². The lowest BCUT2D eigenvalue weighted by molar-refractivity contribution is 0.296. The van der Waals surface area contributed by atoms with Gasteiger partial charge in [0.15, 0.2) is 8.32 Å². The summed E-state index contributed by atoms with van der Waals surface area (Å²) in [5.74, 6) is 0. The average molecular weight is 246 g/mol. The molecule has 2 fully saturated rings. The minimum Gasteiger partial charge on any atom is -0.416 e. The van der Waals surface area contributed by atoms with Gasteiger partial charge in [0.05, 0.1) is 0 Å². The molecule has 17 heavy (non-hydrogen) atoms. The maximum atomic E-state index is 6.35. The van der Waals surface area contributed by atoms with Gasteiger partial charge in [0, 0.05) is 12.0 Å². The molecule has 0 radical (unpaired) electrons. The summed E-state index contributed by atoms with van der Waals surface area (Å²) >= 11 is 0. The first-order chi connectivity index (χ1) is 8.18. The zero-order valence-corrected chi connectivity index (χ0v) is 12.1. The van der Waals surface area contributed by atoms with Crippen molar-refractivity contribution in [2.75, 3.05) is 6.61 Å². The van der Waals surface area contributed by atoms with Crippen LogP contribution in [0, 0.1) is 6.92 Å². The van der Waals surface area contributed by atoms with Crippen molar-refractivity contribution in [3.63, 3.8) is 0 Å². The van der Waals surface area contributed by atoms with E-state index in [1.807, 2.05) is 0 Å². The van der Waals surface area contributed by atoms with Gasteiger partial charge in [-0.1, -0.05) is 38.1 Å². The summed E-state index contributed by atoms with van der Waals surface area (Å²) in [6.45, 7) is 7.92. The minimum atomic E-state index is -1.39. The molecule has 1 unspecified atom stereocenters. The van der Waals surface area contributed by atoms with Gasteiger partial charge >= 0.3 is 0 Å². The van der Waals surface area contributed by atoms with E-state index in [9.17, 15) is 0 Å². The third-order valence-electron chi connectivity index (χ3n) is 5.21. The molecule has 1 aliphatic carbocycles. The van der Waals surface area contributed by atoms with Gasteiger partial charge in [-0.15, -0.1) is 0 Å².